The summed E-state index contributed by atoms with van der Waals surface area (Å²) in [7, 11) is 0. The van der Waals surface area contributed by atoms with Gasteiger partial charge in [-0.1, -0.05) is 48.9 Å². The minimum absolute atomic E-state index is 0.366. The van der Waals surface area contributed by atoms with Gasteiger partial charge in [0.1, 0.15) is 0 Å². The molecule has 2 unspecified atom stereocenters. The van der Waals surface area contributed by atoms with Crippen molar-refractivity contribution in [3.05, 3.63) is 48.0 Å². The average Bonchev–Trinajstić information content (AvgIpc) is 2.86. The van der Waals surface area contributed by atoms with E-state index < -0.39 is 5.60 Å². The van der Waals surface area contributed by atoms with Gasteiger partial charge in [0, 0.05) is 19.0 Å². The van der Waals surface area contributed by atoms with Crippen LogP contribution in [0.1, 0.15) is 31.2 Å². The summed E-state index contributed by atoms with van der Waals surface area (Å²) in [5, 5.41) is 13.8. The van der Waals surface area contributed by atoms with Crippen molar-refractivity contribution < 1.29 is 5.11 Å². The minimum atomic E-state index is -0.537. The predicted octanol–water partition coefficient (Wildman–Crippen LogP) is 3.37. The van der Waals surface area contributed by atoms with E-state index in [9.17, 15) is 5.11 Å². The third-order valence-corrected chi connectivity index (χ3v) is 5.44. The summed E-state index contributed by atoms with van der Waals surface area (Å²) in [4.78, 5) is 2.51. The van der Waals surface area contributed by atoms with E-state index in [1.165, 1.54) is 35.7 Å². The quantitative estimate of drug-likeness (QED) is 0.912. The van der Waals surface area contributed by atoms with Gasteiger partial charge < -0.3 is 5.11 Å². The van der Waals surface area contributed by atoms with Crippen molar-refractivity contribution in [1.29, 1.82) is 0 Å². The molecule has 0 aromatic heterocycles. The van der Waals surface area contributed by atoms with Crippen molar-refractivity contribution >= 4 is 10.8 Å². The Morgan fingerprint density at radius 2 is 1.90 bits per heavy atom. The highest BCUT2D eigenvalue weighted by Crippen LogP contribution is 2.38. The first-order valence-corrected chi connectivity index (χ1v) is 8.19. The zero-order chi connectivity index (χ0) is 14.3. The monoisotopic (exact) mass is 281 g/mol. The summed E-state index contributed by atoms with van der Waals surface area (Å²) >= 11 is 0. The average molecular weight is 281 g/mol. The van der Waals surface area contributed by atoms with Gasteiger partial charge in [-0.3, -0.25) is 4.90 Å². The molecule has 2 saturated heterocycles. The first-order chi connectivity index (χ1) is 10.3. The fourth-order valence-corrected chi connectivity index (χ4v) is 4.35. The van der Waals surface area contributed by atoms with E-state index in [2.05, 4.69) is 47.4 Å². The lowest BCUT2D eigenvalue weighted by atomic mass is 9.82. The van der Waals surface area contributed by atoms with E-state index in [4.69, 9.17) is 0 Å². The molecule has 2 aromatic carbocycles. The molecule has 0 amide bonds. The Hall–Kier alpha value is -1.38. The van der Waals surface area contributed by atoms with Crippen LogP contribution in [0.2, 0.25) is 0 Å². The number of aliphatic hydroxyl groups is 1. The predicted molar refractivity (Wildman–Crippen MR) is 86.4 cm³/mol. The Bertz CT molecular complexity index is 648. The van der Waals surface area contributed by atoms with Gasteiger partial charge in [0.05, 0.1) is 5.60 Å². The molecule has 2 aliphatic rings. The fourth-order valence-electron chi connectivity index (χ4n) is 4.35. The molecule has 0 bridgehead atoms. The lowest BCUT2D eigenvalue weighted by molar-refractivity contribution is -0.00862. The highest BCUT2D eigenvalue weighted by molar-refractivity contribution is 5.85. The van der Waals surface area contributed by atoms with E-state index >= 15 is 0 Å². The van der Waals surface area contributed by atoms with Crippen LogP contribution in [0.5, 0.6) is 0 Å². The second-order valence-electron chi connectivity index (χ2n) is 6.72. The van der Waals surface area contributed by atoms with Crippen molar-refractivity contribution in [1.82, 2.24) is 4.90 Å². The Morgan fingerprint density at radius 1 is 1.05 bits per heavy atom. The van der Waals surface area contributed by atoms with Crippen LogP contribution in [-0.4, -0.2) is 34.7 Å². The zero-order valence-electron chi connectivity index (χ0n) is 12.5. The molecule has 110 valence electrons. The second kappa shape index (κ2) is 5.11. The molecular formula is C19H23NO. The number of hydrogen-bond donors (Lipinski definition) is 1. The molecule has 2 nitrogen and oxygen atoms in total. The number of benzene rings is 2. The Kier molecular flexibility index (Phi) is 3.24. The molecule has 2 heteroatoms. The second-order valence-corrected chi connectivity index (χ2v) is 6.72. The molecule has 0 spiro atoms. The van der Waals surface area contributed by atoms with Gasteiger partial charge in [-0.15, -0.1) is 0 Å². The Labute approximate surface area is 126 Å². The van der Waals surface area contributed by atoms with Crippen LogP contribution in [0, 0.1) is 0 Å². The van der Waals surface area contributed by atoms with Gasteiger partial charge in [0.25, 0.3) is 0 Å². The van der Waals surface area contributed by atoms with E-state index in [1.54, 1.807) is 0 Å². The van der Waals surface area contributed by atoms with Gasteiger partial charge in [-0.2, -0.15) is 0 Å². The molecular weight excluding hydrogens is 258 g/mol. The standard InChI is InChI=1S/C19H23NO/c21-19(11-13-20-12-4-3-10-18(19)20)14-16-8-5-7-15-6-1-2-9-17(15)16/h1-2,5-9,18,21H,3-4,10-14H2. The van der Waals surface area contributed by atoms with Crippen molar-refractivity contribution in [2.75, 3.05) is 13.1 Å². The van der Waals surface area contributed by atoms with Gasteiger partial charge in [-0.05, 0) is 42.1 Å². The van der Waals surface area contributed by atoms with Crippen molar-refractivity contribution in [3.8, 4) is 0 Å². The molecule has 2 aromatic rings. The molecule has 0 saturated carbocycles. The third-order valence-electron chi connectivity index (χ3n) is 5.44. The number of rotatable bonds is 2. The zero-order valence-corrected chi connectivity index (χ0v) is 12.5. The Balaban J connectivity index is 1.68. The summed E-state index contributed by atoms with van der Waals surface area (Å²) in [6, 6.07) is 15.3. The van der Waals surface area contributed by atoms with Gasteiger partial charge >= 0.3 is 0 Å². The van der Waals surface area contributed by atoms with Crippen LogP contribution in [0.25, 0.3) is 10.8 Å². The molecule has 2 atom stereocenters. The van der Waals surface area contributed by atoms with Crippen molar-refractivity contribution in [3.63, 3.8) is 0 Å². The van der Waals surface area contributed by atoms with E-state index in [0.29, 0.717) is 6.04 Å². The maximum atomic E-state index is 11.3. The summed E-state index contributed by atoms with van der Waals surface area (Å²) in [5.41, 5.74) is 0.757. The minimum Gasteiger partial charge on any atom is -0.388 e. The number of hydrogen-bond acceptors (Lipinski definition) is 2. The molecule has 21 heavy (non-hydrogen) atoms. The van der Waals surface area contributed by atoms with Crippen molar-refractivity contribution in [2.24, 2.45) is 0 Å². The molecule has 1 N–H and O–H groups in total. The van der Waals surface area contributed by atoms with Gasteiger partial charge in [-0.25, -0.2) is 0 Å². The molecule has 2 heterocycles. The maximum absolute atomic E-state index is 11.3. The largest absolute Gasteiger partial charge is 0.388 e. The number of piperidine rings is 1. The third kappa shape index (κ3) is 2.27. The van der Waals surface area contributed by atoms with Crippen LogP contribution in [-0.2, 0) is 6.42 Å². The van der Waals surface area contributed by atoms with Crippen LogP contribution in [0.4, 0.5) is 0 Å². The highest BCUT2D eigenvalue weighted by Gasteiger charge is 2.46. The lowest BCUT2D eigenvalue weighted by Crippen LogP contribution is -2.48. The number of fused-ring (bicyclic) bond motifs is 2. The van der Waals surface area contributed by atoms with Crippen LogP contribution >= 0.6 is 0 Å². The van der Waals surface area contributed by atoms with E-state index in [1.807, 2.05) is 0 Å². The molecule has 2 fully saturated rings. The van der Waals surface area contributed by atoms with Gasteiger partial charge in [0.2, 0.25) is 0 Å². The normalized spacial score (nSPS) is 29.7. The lowest BCUT2D eigenvalue weighted by Gasteiger charge is -2.37. The first-order valence-electron chi connectivity index (χ1n) is 8.19. The van der Waals surface area contributed by atoms with Crippen molar-refractivity contribution in [2.45, 2.75) is 43.7 Å². The maximum Gasteiger partial charge on any atom is 0.0854 e. The summed E-state index contributed by atoms with van der Waals surface area (Å²) in [5.74, 6) is 0. The SMILES string of the molecule is OC1(Cc2cccc3ccccc23)CCN2CCCCC21. The summed E-state index contributed by atoms with van der Waals surface area (Å²) in [6.07, 6.45) is 5.41. The smallest absolute Gasteiger partial charge is 0.0854 e. The fraction of sp³-hybridized carbons (Fsp3) is 0.474. The van der Waals surface area contributed by atoms with Crippen LogP contribution in [0.15, 0.2) is 42.5 Å². The van der Waals surface area contributed by atoms with Gasteiger partial charge in [0.15, 0.2) is 0 Å². The molecule has 2 aliphatic heterocycles. The first kappa shape index (κ1) is 13.3. The highest BCUT2D eigenvalue weighted by atomic mass is 16.3. The van der Waals surface area contributed by atoms with E-state index in [0.717, 1.165) is 25.8 Å². The molecule has 0 aliphatic carbocycles. The van der Waals surface area contributed by atoms with Crippen LogP contribution in [0.3, 0.4) is 0 Å². The number of nitrogens with zero attached hydrogens (tertiary/aromatic N) is 1. The van der Waals surface area contributed by atoms with E-state index in [-0.39, 0.29) is 0 Å². The molecule has 0 radical (unpaired) electrons. The summed E-state index contributed by atoms with van der Waals surface area (Å²) < 4.78 is 0. The Morgan fingerprint density at radius 3 is 2.86 bits per heavy atom. The summed E-state index contributed by atoms with van der Waals surface area (Å²) in [6.45, 7) is 2.23. The molecule has 4 rings (SSSR count). The topological polar surface area (TPSA) is 23.5 Å². The van der Waals surface area contributed by atoms with Crippen LogP contribution < -0.4 is 0 Å².